The fourth-order valence-electron chi connectivity index (χ4n) is 7.58. The van der Waals surface area contributed by atoms with Crippen LogP contribution >= 0.6 is 0 Å². The minimum Gasteiger partial charge on any atom is -0.481 e. The van der Waals surface area contributed by atoms with E-state index < -0.39 is 41.8 Å². The molecule has 3 atom stereocenters. The fraction of sp³-hybridized carbons (Fsp3) is 0.360. The molecule has 1 aliphatic heterocycles. The average molecular weight is 946 g/mol. The highest BCUT2D eigenvalue weighted by molar-refractivity contribution is 6.13. The Morgan fingerprint density at radius 3 is 2.00 bits per heavy atom. The van der Waals surface area contributed by atoms with Gasteiger partial charge in [0.1, 0.15) is 12.1 Å². The van der Waals surface area contributed by atoms with E-state index in [1.54, 1.807) is 49.5 Å². The van der Waals surface area contributed by atoms with E-state index in [-0.39, 0.29) is 68.7 Å². The molecule has 19 heteroatoms. The minimum atomic E-state index is -1.36. The van der Waals surface area contributed by atoms with Gasteiger partial charge in [0, 0.05) is 74.4 Å². The first-order chi connectivity index (χ1) is 33.0. The fourth-order valence-corrected chi connectivity index (χ4v) is 7.58. The molecule has 5 amide bonds. The van der Waals surface area contributed by atoms with Crippen LogP contribution in [0.15, 0.2) is 107 Å². The van der Waals surface area contributed by atoms with E-state index in [4.69, 9.17) is 10.8 Å². The molecule has 364 valence electrons. The van der Waals surface area contributed by atoms with Crippen molar-refractivity contribution in [1.82, 2.24) is 15.5 Å². The Hall–Kier alpha value is -7.80. The maximum absolute atomic E-state index is 13.6. The van der Waals surface area contributed by atoms with Crippen molar-refractivity contribution in [2.45, 2.75) is 70.9 Å². The van der Waals surface area contributed by atoms with Crippen LogP contribution in [0, 0.1) is 5.92 Å². The maximum Gasteiger partial charge on any atom is 0.320 e. The van der Waals surface area contributed by atoms with Crippen LogP contribution in [0.1, 0.15) is 69.2 Å². The molecule has 0 fully saturated rings. The number of carbonyl (C=O) groups excluding carboxylic acids is 6. The molecule has 4 aromatic carbocycles. The van der Waals surface area contributed by atoms with Gasteiger partial charge < -0.3 is 41.7 Å². The van der Waals surface area contributed by atoms with Crippen molar-refractivity contribution in [3.05, 3.63) is 103 Å². The second-order valence-electron chi connectivity index (χ2n) is 16.7. The number of fused-ring (bicyclic) bond motifs is 1. The van der Waals surface area contributed by atoms with Gasteiger partial charge in [0.05, 0.1) is 23.8 Å². The summed E-state index contributed by atoms with van der Waals surface area (Å²) in [4.78, 5) is 103. The smallest absolute Gasteiger partial charge is 0.320 e. The molecule has 1 heterocycles. The van der Waals surface area contributed by atoms with Gasteiger partial charge in [-0.2, -0.15) is 10.2 Å². The van der Waals surface area contributed by atoms with Crippen LogP contribution in [0.3, 0.4) is 0 Å². The van der Waals surface area contributed by atoms with Crippen LogP contribution in [-0.4, -0.2) is 114 Å². The molecule has 69 heavy (non-hydrogen) atoms. The van der Waals surface area contributed by atoms with Gasteiger partial charge in [0.25, 0.3) is 11.8 Å². The number of nitrogens with zero attached hydrogens (tertiary/aromatic N) is 5. The lowest BCUT2D eigenvalue weighted by atomic mass is 9.94. The van der Waals surface area contributed by atoms with Crippen LogP contribution in [0.4, 0.5) is 28.4 Å². The number of carboxylic acid groups (broad SMARTS) is 2. The molecule has 0 spiro atoms. The van der Waals surface area contributed by atoms with Crippen molar-refractivity contribution >= 4 is 86.5 Å². The van der Waals surface area contributed by atoms with E-state index in [1.165, 1.54) is 24.0 Å². The number of amides is 5. The predicted octanol–water partition coefficient (Wildman–Crippen LogP) is 5.73. The topological polar surface area (TPSA) is 274 Å². The zero-order chi connectivity index (χ0) is 50.0. The second kappa shape index (κ2) is 25.4. The molecule has 0 aliphatic carbocycles. The number of rotatable bonds is 27. The molecule has 1 unspecified atom stereocenters. The third-order valence-corrected chi connectivity index (χ3v) is 11.6. The number of hydrogen-bond acceptors (Lipinski definition) is 13. The van der Waals surface area contributed by atoms with Crippen LogP contribution in [0.2, 0.25) is 0 Å². The van der Waals surface area contributed by atoms with Crippen LogP contribution in [0.25, 0.3) is 10.8 Å². The van der Waals surface area contributed by atoms with Gasteiger partial charge in [-0.3, -0.25) is 43.3 Å². The highest BCUT2D eigenvalue weighted by Crippen LogP contribution is 2.25. The van der Waals surface area contributed by atoms with Gasteiger partial charge in [0.2, 0.25) is 17.7 Å². The van der Waals surface area contributed by atoms with Gasteiger partial charge in [-0.25, -0.2) is 0 Å². The van der Waals surface area contributed by atoms with Crippen molar-refractivity contribution in [2.75, 3.05) is 54.9 Å². The van der Waals surface area contributed by atoms with Crippen molar-refractivity contribution in [1.29, 1.82) is 0 Å². The first kappa shape index (κ1) is 52.2. The lowest BCUT2D eigenvalue weighted by molar-refractivity contribution is -0.144. The largest absolute Gasteiger partial charge is 0.481 e. The van der Waals surface area contributed by atoms with E-state index in [9.17, 15) is 43.5 Å². The van der Waals surface area contributed by atoms with Crippen molar-refractivity contribution in [3.8, 4) is 0 Å². The molecule has 1 aliphatic rings. The zero-order valence-corrected chi connectivity index (χ0v) is 38.9. The summed E-state index contributed by atoms with van der Waals surface area (Å²) in [6.07, 6.45) is 3.41. The highest BCUT2D eigenvalue weighted by Gasteiger charge is 2.26. The van der Waals surface area contributed by atoms with Crippen LogP contribution in [0.5, 0.6) is 0 Å². The maximum atomic E-state index is 13.6. The van der Waals surface area contributed by atoms with E-state index in [1.807, 2.05) is 59.2 Å². The molecule has 0 radical (unpaired) electrons. The number of nitrogens with two attached hydrogens (primary N) is 1. The van der Waals surface area contributed by atoms with Gasteiger partial charge >= 0.3 is 11.9 Å². The normalized spacial score (nSPS) is 13.5. The first-order valence-electron chi connectivity index (χ1n) is 22.8. The van der Waals surface area contributed by atoms with E-state index in [0.717, 1.165) is 22.1 Å². The summed E-state index contributed by atoms with van der Waals surface area (Å²) >= 11 is 0. The van der Waals surface area contributed by atoms with Crippen LogP contribution in [-0.2, 0) is 33.6 Å². The first-order valence-corrected chi connectivity index (χ1v) is 22.8. The number of likely N-dealkylation sites (N-methyl/N-ethyl adjacent to an activating group) is 2. The third-order valence-electron chi connectivity index (χ3n) is 11.6. The summed E-state index contributed by atoms with van der Waals surface area (Å²) in [6, 6.07) is 22.8. The summed E-state index contributed by atoms with van der Waals surface area (Å²) in [5, 5.41) is 37.7. The number of hydrogen-bond donors (Lipinski definition) is 6. The molecule has 4 aromatic rings. The summed E-state index contributed by atoms with van der Waals surface area (Å²) in [7, 11) is 1.80. The number of ketones is 1. The van der Waals surface area contributed by atoms with E-state index in [0.29, 0.717) is 55.1 Å². The summed E-state index contributed by atoms with van der Waals surface area (Å²) in [5.74, 6) is -5.47. The standard InChI is InChI=1S/C50H59N9O10/c1-4-58(26-27-59-46(63)23-24-47(59)64)40-21-18-39(19-22-40)56-55-38-16-14-37(15-17-38)53-48(65)43(54-44(61)10-7-8-36(49(66)67)30-42(51)50(68)69)9-5-6-25-52-45(62)31-57(3)41-20-13-34-28-33(32(2)60)11-12-35(34)29-41/h11-24,28-29,36,42-43H,4-10,25-27,30-31,51H2,1-3H3,(H,52,62)(H,53,65)(H,54,61)(H,66,67)(H,68,69)/t36-,42?,43+/m1/s1. The van der Waals surface area contributed by atoms with Gasteiger partial charge in [0.15, 0.2) is 5.78 Å². The number of carbonyl (C=O) groups is 8. The number of azo groups is 1. The molecular formula is C50H59N9O10. The summed E-state index contributed by atoms with van der Waals surface area (Å²) < 4.78 is 0. The Bertz CT molecular complexity index is 2550. The molecule has 0 saturated heterocycles. The van der Waals surface area contributed by atoms with Crippen molar-refractivity contribution in [2.24, 2.45) is 21.9 Å². The molecule has 7 N–H and O–H groups in total. The second-order valence-corrected chi connectivity index (χ2v) is 16.7. The Kier molecular flexibility index (Phi) is 19.2. The Morgan fingerprint density at radius 2 is 1.38 bits per heavy atom. The Morgan fingerprint density at radius 1 is 0.754 bits per heavy atom. The molecule has 0 saturated carbocycles. The zero-order valence-electron chi connectivity index (χ0n) is 38.9. The number of nitrogens with one attached hydrogen (secondary N) is 3. The number of carboxylic acids is 2. The Balaban J connectivity index is 1.13. The van der Waals surface area contributed by atoms with E-state index >= 15 is 0 Å². The molecule has 0 bridgehead atoms. The van der Waals surface area contributed by atoms with Gasteiger partial charge in [-0.1, -0.05) is 18.2 Å². The van der Waals surface area contributed by atoms with Gasteiger partial charge in [-0.15, -0.1) is 0 Å². The quantitative estimate of drug-likeness (QED) is 0.0181. The lowest BCUT2D eigenvalue weighted by Gasteiger charge is -2.25. The van der Waals surface area contributed by atoms with E-state index in [2.05, 4.69) is 26.2 Å². The van der Waals surface area contributed by atoms with Crippen molar-refractivity contribution < 1.29 is 48.6 Å². The van der Waals surface area contributed by atoms with Crippen LogP contribution < -0.4 is 31.5 Å². The number of benzene rings is 4. The Labute approximate surface area is 399 Å². The number of aliphatic carboxylic acids is 2. The lowest BCUT2D eigenvalue weighted by Crippen LogP contribution is -2.44. The monoisotopic (exact) mass is 945 g/mol. The highest BCUT2D eigenvalue weighted by atomic mass is 16.4. The number of anilines is 3. The minimum absolute atomic E-state index is 0.0100. The number of Topliss-reactive ketones (excluding diaryl/α,β-unsaturated/α-hetero) is 1. The summed E-state index contributed by atoms with van der Waals surface area (Å²) in [5.41, 5.74) is 9.41. The predicted molar refractivity (Wildman–Crippen MR) is 261 cm³/mol. The third kappa shape index (κ3) is 15.9. The van der Waals surface area contributed by atoms with Gasteiger partial charge in [-0.05, 0) is 130 Å². The summed E-state index contributed by atoms with van der Waals surface area (Å²) in [6.45, 7) is 5.28. The number of unbranched alkanes of at least 4 members (excludes halogenated alkanes) is 1. The average Bonchev–Trinajstić information content (AvgIpc) is 3.65. The molecule has 19 nitrogen and oxygen atoms in total. The SMILES string of the molecule is CCN(CCN1C(=O)C=CC1=O)c1ccc(N=Nc2ccc(NC(=O)[C@H](CCCCNC(=O)CN(C)c3ccc4cc(C(C)=O)ccc4c3)NC(=O)CCC[C@H](CC(N)C(=O)O)C(=O)O)cc2)cc1. The van der Waals surface area contributed by atoms with Crippen molar-refractivity contribution in [3.63, 3.8) is 0 Å². The molecular weight excluding hydrogens is 887 g/mol. The number of imide groups is 1. The molecule has 0 aromatic heterocycles. The molecule has 5 rings (SSSR count).